The van der Waals surface area contributed by atoms with E-state index < -0.39 is 0 Å². The molecule has 0 spiro atoms. The molecule has 6 heteroatoms. The van der Waals surface area contributed by atoms with Crippen LogP contribution >= 0.6 is 0 Å². The summed E-state index contributed by atoms with van der Waals surface area (Å²) in [6, 6.07) is 0. The third-order valence-corrected chi connectivity index (χ3v) is 2.17. The van der Waals surface area contributed by atoms with Gasteiger partial charge in [-0.15, -0.1) is 0 Å². The molecule has 16 heavy (non-hydrogen) atoms. The normalized spacial score (nSPS) is 17.4. The van der Waals surface area contributed by atoms with Gasteiger partial charge in [-0.25, -0.2) is 5.43 Å². The summed E-state index contributed by atoms with van der Waals surface area (Å²) in [7, 11) is 0. The van der Waals surface area contributed by atoms with Gasteiger partial charge in [0.15, 0.2) is 0 Å². The molecule has 6 nitrogen and oxygen atoms in total. The van der Waals surface area contributed by atoms with Crippen LogP contribution in [0.2, 0.25) is 0 Å². The van der Waals surface area contributed by atoms with Gasteiger partial charge < -0.3 is 10.1 Å². The Morgan fingerprint density at radius 1 is 1.62 bits per heavy atom. The van der Waals surface area contributed by atoms with E-state index in [2.05, 4.69) is 15.8 Å². The highest BCUT2D eigenvalue weighted by Gasteiger charge is 2.18. The van der Waals surface area contributed by atoms with Crippen LogP contribution in [0, 0.1) is 0 Å². The fraction of sp³-hybridized carbons (Fsp3) is 0.700. The molecular formula is C10H17N3O3. The van der Waals surface area contributed by atoms with E-state index in [1.165, 1.54) is 0 Å². The lowest BCUT2D eigenvalue weighted by Crippen LogP contribution is -2.40. The van der Waals surface area contributed by atoms with Crippen LogP contribution in [0.15, 0.2) is 5.10 Å². The molecule has 0 fully saturated rings. The average Bonchev–Trinajstić information content (AvgIpc) is 2.27. The van der Waals surface area contributed by atoms with Crippen molar-refractivity contribution in [2.45, 2.75) is 32.8 Å². The molecule has 1 atom stereocenters. The second kappa shape index (κ2) is 6.22. The fourth-order valence-corrected chi connectivity index (χ4v) is 1.32. The first-order chi connectivity index (χ1) is 7.63. The predicted molar refractivity (Wildman–Crippen MR) is 58.9 cm³/mol. The van der Waals surface area contributed by atoms with Gasteiger partial charge in [0, 0.05) is 26.0 Å². The van der Waals surface area contributed by atoms with Gasteiger partial charge in [0.05, 0.1) is 6.10 Å². The highest BCUT2D eigenvalue weighted by atomic mass is 16.5. The van der Waals surface area contributed by atoms with E-state index in [9.17, 15) is 9.59 Å². The Morgan fingerprint density at radius 3 is 2.94 bits per heavy atom. The Balaban J connectivity index is 2.32. The molecule has 1 aliphatic rings. The predicted octanol–water partition coefficient (Wildman–Crippen LogP) is -0.206. The molecule has 0 aliphatic carbocycles. The van der Waals surface area contributed by atoms with Crippen molar-refractivity contribution >= 4 is 17.5 Å². The smallest absolute Gasteiger partial charge is 0.267 e. The number of ether oxygens (including phenoxy) is 1. The zero-order valence-electron chi connectivity index (χ0n) is 9.58. The summed E-state index contributed by atoms with van der Waals surface area (Å²) in [6.07, 6.45) is 0.682. The maximum Gasteiger partial charge on any atom is 0.267 e. The number of amides is 2. The van der Waals surface area contributed by atoms with Gasteiger partial charge in [-0.3, -0.25) is 9.59 Å². The number of hydrazone groups is 1. The number of nitrogens with one attached hydrogen (secondary N) is 2. The van der Waals surface area contributed by atoms with Gasteiger partial charge in [-0.05, 0) is 13.8 Å². The van der Waals surface area contributed by atoms with Crippen molar-refractivity contribution in [2.24, 2.45) is 5.10 Å². The first kappa shape index (κ1) is 12.6. The van der Waals surface area contributed by atoms with Crippen LogP contribution in [0.3, 0.4) is 0 Å². The number of rotatable bonds is 5. The van der Waals surface area contributed by atoms with E-state index in [1.807, 2.05) is 13.8 Å². The Labute approximate surface area is 94.4 Å². The van der Waals surface area contributed by atoms with Crippen LogP contribution in [0.1, 0.15) is 26.7 Å². The molecule has 2 N–H and O–H groups in total. The largest absolute Gasteiger partial charge is 0.377 e. The summed E-state index contributed by atoms with van der Waals surface area (Å²) in [5, 5.41) is 6.40. The van der Waals surface area contributed by atoms with Crippen molar-refractivity contribution in [1.29, 1.82) is 0 Å². The molecule has 1 unspecified atom stereocenters. The standard InChI is InChI=1S/C10H17N3O3/c1-3-16-7(2)6-11-10(15)8-4-5-9(14)13-12-8/h7H,3-6H2,1-2H3,(H,11,15)(H,13,14). The first-order valence-electron chi connectivity index (χ1n) is 5.38. The minimum atomic E-state index is -0.244. The van der Waals surface area contributed by atoms with Crippen LogP contribution in [0.4, 0.5) is 0 Å². The molecule has 0 aromatic carbocycles. The minimum absolute atomic E-state index is 0.0206. The van der Waals surface area contributed by atoms with Crippen LogP contribution in [-0.4, -0.2) is 36.8 Å². The second-order valence-electron chi connectivity index (χ2n) is 3.57. The average molecular weight is 227 g/mol. The van der Waals surface area contributed by atoms with Crippen LogP contribution in [0.25, 0.3) is 0 Å². The number of hydrogen-bond donors (Lipinski definition) is 2. The molecule has 1 heterocycles. The van der Waals surface area contributed by atoms with Crippen molar-refractivity contribution in [3.8, 4) is 0 Å². The third kappa shape index (κ3) is 3.98. The first-order valence-corrected chi connectivity index (χ1v) is 5.38. The quantitative estimate of drug-likeness (QED) is 0.682. The third-order valence-electron chi connectivity index (χ3n) is 2.17. The number of carbonyl (C=O) groups excluding carboxylic acids is 2. The number of nitrogens with zero attached hydrogens (tertiary/aromatic N) is 1. The summed E-state index contributed by atoms with van der Waals surface area (Å²) in [4.78, 5) is 22.4. The van der Waals surface area contributed by atoms with Crippen LogP contribution in [0.5, 0.6) is 0 Å². The molecule has 0 saturated heterocycles. The molecule has 0 aromatic heterocycles. The van der Waals surface area contributed by atoms with Crippen LogP contribution < -0.4 is 10.7 Å². The molecule has 0 bridgehead atoms. The maximum atomic E-state index is 11.6. The summed E-state index contributed by atoms with van der Waals surface area (Å²) in [5.41, 5.74) is 2.65. The second-order valence-corrected chi connectivity index (χ2v) is 3.57. The van der Waals surface area contributed by atoms with E-state index in [-0.39, 0.29) is 17.9 Å². The van der Waals surface area contributed by atoms with E-state index in [1.54, 1.807) is 0 Å². The molecule has 0 saturated carbocycles. The van der Waals surface area contributed by atoms with Crippen molar-refractivity contribution in [3.63, 3.8) is 0 Å². The topological polar surface area (TPSA) is 79.8 Å². The fourth-order valence-electron chi connectivity index (χ4n) is 1.32. The van der Waals surface area contributed by atoms with Gasteiger partial charge >= 0.3 is 0 Å². The van der Waals surface area contributed by atoms with Gasteiger partial charge in [0.25, 0.3) is 5.91 Å². The molecular weight excluding hydrogens is 210 g/mol. The zero-order valence-corrected chi connectivity index (χ0v) is 9.58. The lowest BCUT2D eigenvalue weighted by atomic mass is 10.1. The highest BCUT2D eigenvalue weighted by molar-refractivity contribution is 6.39. The molecule has 2 amide bonds. The summed E-state index contributed by atoms with van der Waals surface area (Å²) in [6.45, 7) is 4.85. The van der Waals surface area contributed by atoms with Crippen molar-refractivity contribution < 1.29 is 14.3 Å². The van der Waals surface area contributed by atoms with E-state index in [0.717, 1.165) is 0 Å². The zero-order chi connectivity index (χ0) is 12.0. The molecule has 1 rings (SSSR count). The summed E-state index contributed by atoms with van der Waals surface area (Å²) < 4.78 is 5.27. The van der Waals surface area contributed by atoms with Crippen molar-refractivity contribution in [1.82, 2.24) is 10.7 Å². The lowest BCUT2D eigenvalue weighted by molar-refractivity contribution is -0.121. The van der Waals surface area contributed by atoms with E-state index in [4.69, 9.17) is 4.74 Å². The minimum Gasteiger partial charge on any atom is -0.377 e. The molecule has 90 valence electrons. The molecule has 0 aromatic rings. The maximum absolute atomic E-state index is 11.6. The summed E-state index contributed by atoms with van der Waals surface area (Å²) in [5.74, 6) is -0.397. The monoisotopic (exact) mass is 227 g/mol. The lowest BCUT2D eigenvalue weighted by Gasteiger charge is -2.15. The highest BCUT2D eigenvalue weighted by Crippen LogP contribution is 1.99. The SMILES string of the molecule is CCOC(C)CNC(=O)C1=NNC(=O)CC1. The van der Waals surface area contributed by atoms with Gasteiger partial charge in [0.1, 0.15) is 5.71 Å². The molecule has 1 aliphatic heterocycles. The van der Waals surface area contributed by atoms with E-state index >= 15 is 0 Å². The summed E-state index contributed by atoms with van der Waals surface area (Å²) >= 11 is 0. The van der Waals surface area contributed by atoms with E-state index in [0.29, 0.717) is 31.7 Å². The number of carbonyl (C=O) groups is 2. The van der Waals surface area contributed by atoms with Gasteiger partial charge in [0.2, 0.25) is 5.91 Å². The van der Waals surface area contributed by atoms with Crippen molar-refractivity contribution in [3.05, 3.63) is 0 Å². The van der Waals surface area contributed by atoms with Gasteiger partial charge in [-0.2, -0.15) is 5.10 Å². The Morgan fingerprint density at radius 2 is 2.38 bits per heavy atom. The Hall–Kier alpha value is -1.43. The number of hydrogen-bond acceptors (Lipinski definition) is 4. The van der Waals surface area contributed by atoms with Gasteiger partial charge in [-0.1, -0.05) is 0 Å². The Bertz CT molecular complexity index is 302. The Kier molecular flexibility index (Phi) is 4.91. The molecule has 0 radical (unpaired) electrons. The van der Waals surface area contributed by atoms with Crippen LogP contribution in [-0.2, 0) is 14.3 Å². The van der Waals surface area contributed by atoms with Crippen molar-refractivity contribution in [2.75, 3.05) is 13.2 Å².